The molecule has 1 aliphatic heterocycles. The van der Waals surface area contributed by atoms with Gasteiger partial charge in [0.2, 0.25) is 6.29 Å². The molecule has 1 rings (SSSR count). The van der Waals surface area contributed by atoms with E-state index in [4.69, 9.17) is 56.6 Å². The number of rotatable bonds is 2. The van der Waals surface area contributed by atoms with Gasteiger partial charge in [-0.3, -0.25) is 4.79 Å². The van der Waals surface area contributed by atoms with Gasteiger partial charge < -0.3 is 14.9 Å². The molecule has 100 valence electrons. The van der Waals surface area contributed by atoms with Crippen molar-refractivity contribution in [1.82, 2.24) is 0 Å². The van der Waals surface area contributed by atoms with Crippen LogP contribution in [-0.4, -0.2) is 34.7 Å². The Kier molecular flexibility index (Phi) is 7.27. The van der Waals surface area contributed by atoms with Crippen molar-refractivity contribution in [3.63, 3.8) is 0 Å². The van der Waals surface area contributed by atoms with Crippen LogP contribution >= 0.6 is 46.4 Å². The summed E-state index contributed by atoms with van der Waals surface area (Å²) < 4.78 is 4.16. The van der Waals surface area contributed by atoms with Crippen LogP contribution < -0.4 is 0 Å². The van der Waals surface area contributed by atoms with Gasteiger partial charge in [0, 0.05) is 0 Å². The van der Waals surface area contributed by atoms with E-state index in [1.54, 1.807) is 0 Å². The molecule has 0 aromatic carbocycles. The monoisotopic (exact) mass is 336 g/mol. The summed E-state index contributed by atoms with van der Waals surface area (Å²) in [6.07, 6.45) is -1.20. The van der Waals surface area contributed by atoms with Gasteiger partial charge in [-0.05, 0) is 0 Å². The molecule has 1 unspecified atom stereocenters. The fraction of sp³-hybridized carbons (Fsp3) is 0.125. The van der Waals surface area contributed by atoms with Gasteiger partial charge in [0.15, 0.2) is 6.29 Å². The SMILES string of the molecule is O=C/C(Cl)=C(/Cl)C(=O)O.O=C1OC(O)C(Cl)=C1Cl. The molecule has 0 aromatic rings. The van der Waals surface area contributed by atoms with Crippen molar-refractivity contribution in [2.24, 2.45) is 0 Å². The van der Waals surface area contributed by atoms with Gasteiger partial charge in [-0.25, -0.2) is 9.59 Å². The largest absolute Gasteiger partial charge is 0.477 e. The van der Waals surface area contributed by atoms with Gasteiger partial charge in [-0.2, -0.15) is 0 Å². The van der Waals surface area contributed by atoms with Gasteiger partial charge in [-0.1, -0.05) is 46.4 Å². The lowest BCUT2D eigenvalue weighted by atomic mass is 10.5. The Labute approximate surface area is 120 Å². The van der Waals surface area contributed by atoms with E-state index in [9.17, 15) is 14.4 Å². The summed E-state index contributed by atoms with van der Waals surface area (Å²) in [4.78, 5) is 29.9. The Bertz CT molecular complexity index is 441. The number of allylic oxidation sites excluding steroid dienone is 1. The molecule has 0 aliphatic carbocycles. The average molecular weight is 338 g/mol. The molecular formula is C8H4Cl4O6. The third-order valence-electron chi connectivity index (χ3n) is 1.33. The van der Waals surface area contributed by atoms with Crippen molar-refractivity contribution in [2.75, 3.05) is 0 Å². The summed E-state index contributed by atoms with van der Waals surface area (Å²) in [6, 6.07) is 0. The molecule has 0 amide bonds. The number of cyclic esters (lactones) is 1. The maximum atomic E-state index is 10.3. The van der Waals surface area contributed by atoms with Crippen LogP contribution in [0.1, 0.15) is 0 Å². The van der Waals surface area contributed by atoms with Crippen molar-refractivity contribution < 1.29 is 29.3 Å². The molecule has 0 aromatic heterocycles. The number of aliphatic carboxylic acids is 1. The standard InChI is InChI=1S/2C4H2Cl2O3/c5-1-2(6)4(8)9-3(1)7;5-2(1-7)3(6)4(8)9/h3,7H;1H,(H,8,9)/b;3-2-. The fourth-order valence-corrected chi connectivity index (χ4v) is 0.950. The Hall–Kier alpha value is -0.790. The normalized spacial score (nSPS) is 19.6. The first-order valence-corrected chi connectivity index (χ1v) is 5.41. The van der Waals surface area contributed by atoms with Gasteiger partial charge in [0.25, 0.3) is 0 Å². The molecule has 1 heterocycles. The zero-order valence-corrected chi connectivity index (χ0v) is 11.2. The lowest BCUT2D eigenvalue weighted by Gasteiger charge is -1.97. The minimum absolute atomic E-state index is 0.151. The number of carbonyl (C=O) groups is 3. The number of carboxylic acid groups (broad SMARTS) is 1. The zero-order valence-electron chi connectivity index (χ0n) is 8.19. The Morgan fingerprint density at radius 3 is 1.94 bits per heavy atom. The predicted octanol–water partition coefficient (Wildman–Crippen LogP) is 1.51. The van der Waals surface area contributed by atoms with Crippen LogP contribution in [0.15, 0.2) is 20.1 Å². The van der Waals surface area contributed by atoms with Crippen LogP contribution in [0.2, 0.25) is 0 Å². The van der Waals surface area contributed by atoms with Crippen LogP contribution in [0.25, 0.3) is 0 Å². The molecule has 0 radical (unpaired) electrons. The Morgan fingerprint density at radius 2 is 1.83 bits per heavy atom. The van der Waals surface area contributed by atoms with E-state index in [2.05, 4.69) is 4.74 Å². The molecule has 0 fully saturated rings. The van der Waals surface area contributed by atoms with Gasteiger partial charge in [0.1, 0.15) is 20.1 Å². The summed E-state index contributed by atoms with van der Waals surface area (Å²) >= 11 is 20.5. The summed E-state index contributed by atoms with van der Waals surface area (Å²) in [5.41, 5.74) is 0. The van der Waals surface area contributed by atoms with Crippen LogP contribution in [0.3, 0.4) is 0 Å². The second-order valence-corrected chi connectivity index (χ2v) is 4.07. The summed E-state index contributed by atoms with van der Waals surface area (Å²) in [5.74, 6) is -2.19. The van der Waals surface area contributed by atoms with Crippen molar-refractivity contribution >= 4 is 64.6 Å². The van der Waals surface area contributed by atoms with E-state index in [1.807, 2.05) is 0 Å². The third-order valence-corrected chi connectivity index (χ3v) is 2.90. The first-order chi connectivity index (χ1) is 8.22. The highest BCUT2D eigenvalue weighted by Gasteiger charge is 2.29. The number of aliphatic hydroxyl groups excluding tert-OH is 1. The number of esters is 1. The number of hydrogen-bond acceptors (Lipinski definition) is 5. The molecule has 0 saturated carbocycles. The number of carbonyl (C=O) groups excluding carboxylic acids is 2. The molecule has 1 aliphatic rings. The molecule has 10 heteroatoms. The number of ether oxygens (including phenoxy) is 1. The molecule has 6 nitrogen and oxygen atoms in total. The van der Waals surface area contributed by atoms with Crippen molar-refractivity contribution in [3.05, 3.63) is 20.1 Å². The quantitative estimate of drug-likeness (QED) is 0.450. The van der Waals surface area contributed by atoms with Crippen LogP contribution in [0.5, 0.6) is 0 Å². The number of hydrogen-bond donors (Lipinski definition) is 2. The second-order valence-electron chi connectivity index (χ2n) is 2.50. The van der Waals surface area contributed by atoms with Crippen LogP contribution in [0, 0.1) is 0 Å². The van der Waals surface area contributed by atoms with E-state index in [-0.39, 0.29) is 16.4 Å². The zero-order chi connectivity index (χ0) is 14.5. The van der Waals surface area contributed by atoms with E-state index in [0.29, 0.717) is 0 Å². The first-order valence-electron chi connectivity index (χ1n) is 3.90. The lowest BCUT2D eigenvalue weighted by Crippen LogP contribution is -2.07. The second kappa shape index (κ2) is 7.60. The maximum absolute atomic E-state index is 10.3. The smallest absolute Gasteiger partial charge is 0.353 e. The minimum atomic E-state index is -1.41. The Morgan fingerprint density at radius 1 is 1.33 bits per heavy atom. The number of halogens is 4. The molecule has 18 heavy (non-hydrogen) atoms. The van der Waals surface area contributed by atoms with E-state index in [0.717, 1.165) is 0 Å². The highest BCUT2D eigenvalue weighted by molar-refractivity contribution is 6.51. The van der Waals surface area contributed by atoms with Gasteiger partial charge >= 0.3 is 11.9 Å². The number of carboxylic acids is 1. The van der Waals surface area contributed by atoms with E-state index < -0.39 is 28.3 Å². The first kappa shape index (κ1) is 17.2. The summed E-state index contributed by atoms with van der Waals surface area (Å²) in [6.45, 7) is 0. The van der Waals surface area contributed by atoms with Crippen molar-refractivity contribution in [1.29, 1.82) is 0 Å². The highest BCUT2D eigenvalue weighted by atomic mass is 35.5. The molecule has 0 spiro atoms. The minimum Gasteiger partial charge on any atom is -0.477 e. The molecular weight excluding hydrogens is 334 g/mol. The number of aldehydes is 1. The molecule has 0 bridgehead atoms. The topological polar surface area (TPSA) is 101 Å². The maximum Gasteiger partial charge on any atom is 0.353 e. The highest BCUT2D eigenvalue weighted by Crippen LogP contribution is 2.26. The fourth-order valence-electron chi connectivity index (χ4n) is 0.565. The predicted molar refractivity (Wildman–Crippen MR) is 63.3 cm³/mol. The number of aliphatic hydroxyl groups is 1. The summed E-state index contributed by atoms with van der Waals surface area (Å²) in [5, 5.41) is 15.1. The van der Waals surface area contributed by atoms with Crippen LogP contribution in [-0.2, 0) is 19.1 Å². The molecule has 1 atom stereocenters. The van der Waals surface area contributed by atoms with Crippen molar-refractivity contribution in [3.8, 4) is 0 Å². The Balaban J connectivity index is 0.000000321. The molecule has 2 N–H and O–H groups in total. The van der Waals surface area contributed by atoms with Crippen LogP contribution in [0.4, 0.5) is 0 Å². The lowest BCUT2D eigenvalue weighted by molar-refractivity contribution is -0.151. The van der Waals surface area contributed by atoms with Gasteiger partial charge in [0.05, 0.1) is 0 Å². The molecule has 0 saturated heterocycles. The average Bonchev–Trinajstić information content (AvgIpc) is 2.55. The summed E-state index contributed by atoms with van der Waals surface area (Å²) in [7, 11) is 0. The van der Waals surface area contributed by atoms with E-state index >= 15 is 0 Å². The third kappa shape index (κ3) is 4.83. The van der Waals surface area contributed by atoms with Crippen molar-refractivity contribution in [2.45, 2.75) is 6.29 Å². The van der Waals surface area contributed by atoms with Gasteiger partial charge in [-0.15, -0.1) is 0 Å². The van der Waals surface area contributed by atoms with E-state index in [1.165, 1.54) is 0 Å².